The van der Waals surface area contributed by atoms with E-state index in [9.17, 15) is 5.11 Å². The van der Waals surface area contributed by atoms with E-state index in [1.807, 2.05) is 0 Å². The van der Waals surface area contributed by atoms with E-state index in [1.165, 1.54) is 103 Å². The lowest BCUT2D eigenvalue weighted by molar-refractivity contribution is 0.194. The highest BCUT2D eigenvalue weighted by Crippen LogP contribution is 2.13. The van der Waals surface area contributed by atoms with E-state index in [2.05, 4.69) is 12.2 Å². The number of rotatable bonds is 19. The minimum absolute atomic E-state index is 0.0128. The molecule has 0 saturated heterocycles. The molecular formula is C20H42NO. The van der Waals surface area contributed by atoms with Gasteiger partial charge in [-0.3, -0.25) is 0 Å². The van der Waals surface area contributed by atoms with Gasteiger partial charge in [-0.05, 0) is 13.0 Å². The fraction of sp³-hybridized carbons (Fsp3) is 1.00. The summed E-state index contributed by atoms with van der Waals surface area (Å²) in [5, 5.41) is 13.4. The highest BCUT2D eigenvalue weighted by atomic mass is 16.3. The maximum absolute atomic E-state index is 10.2. The van der Waals surface area contributed by atoms with Crippen LogP contribution in [0.15, 0.2) is 0 Å². The smallest absolute Gasteiger partial charge is 0.0946 e. The first-order valence-corrected chi connectivity index (χ1v) is 10.2. The van der Waals surface area contributed by atoms with Crippen LogP contribution >= 0.6 is 0 Å². The van der Waals surface area contributed by atoms with Gasteiger partial charge in [0.1, 0.15) is 0 Å². The second kappa shape index (κ2) is 20.9. The van der Waals surface area contributed by atoms with Crippen LogP contribution < -0.4 is 5.32 Å². The van der Waals surface area contributed by atoms with Crippen molar-refractivity contribution < 1.29 is 5.11 Å². The molecule has 0 aromatic rings. The first-order chi connectivity index (χ1) is 10.9. The summed E-state index contributed by atoms with van der Waals surface area (Å²) in [5.41, 5.74) is 0. The van der Waals surface area contributed by atoms with E-state index in [4.69, 9.17) is 0 Å². The van der Waals surface area contributed by atoms with Crippen molar-refractivity contribution in [3.63, 3.8) is 0 Å². The van der Waals surface area contributed by atoms with E-state index in [0.717, 1.165) is 6.54 Å². The summed E-state index contributed by atoms with van der Waals surface area (Å²) in [5.74, 6) is 0. The maximum atomic E-state index is 10.2. The summed E-state index contributed by atoms with van der Waals surface area (Å²) in [6.45, 7) is 3.96. The van der Waals surface area contributed by atoms with Crippen LogP contribution in [-0.4, -0.2) is 19.7 Å². The summed E-state index contributed by atoms with van der Waals surface area (Å²) in [6, 6.07) is 0. The fourth-order valence-corrected chi connectivity index (χ4v) is 3.00. The van der Waals surface area contributed by atoms with Crippen LogP contribution in [0.2, 0.25) is 0 Å². The predicted octanol–water partition coefficient (Wildman–Crippen LogP) is 6.27. The highest BCUT2D eigenvalue weighted by molar-refractivity contribution is 4.51. The molecule has 0 heterocycles. The molecule has 0 fully saturated rings. The Morgan fingerprint density at radius 1 is 0.500 bits per heavy atom. The Morgan fingerprint density at radius 2 is 0.864 bits per heavy atom. The van der Waals surface area contributed by atoms with E-state index >= 15 is 0 Å². The third-order valence-corrected chi connectivity index (χ3v) is 4.49. The van der Waals surface area contributed by atoms with Gasteiger partial charge in [0, 0.05) is 6.54 Å². The largest absolute Gasteiger partial charge is 0.314 e. The SMILES string of the molecule is CCCCCCCCCCCCCCCCCCNCC[O]. The molecular weight excluding hydrogens is 270 g/mol. The topological polar surface area (TPSA) is 31.9 Å². The van der Waals surface area contributed by atoms with Crippen molar-refractivity contribution in [1.82, 2.24) is 5.32 Å². The van der Waals surface area contributed by atoms with Crippen molar-refractivity contribution in [2.24, 2.45) is 0 Å². The lowest BCUT2D eigenvalue weighted by Gasteiger charge is -2.04. The van der Waals surface area contributed by atoms with Crippen molar-refractivity contribution in [1.29, 1.82) is 0 Å². The fourth-order valence-electron chi connectivity index (χ4n) is 3.00. The van der Waals surface area contributed by atoms with Crippen LogP contribution in [0.5, 0.6) is 0 Å². The summed E-state index contributed by atoms with van der Waals surface area (Å²) in [4.78, 5) is 0. The molecule has 0 aliphatic heterocycles. The Kier molecular flexibility index (Phi) is 20.8. The number of hydrogen-bond donors (Lipinski definition) is 1. The molecule has 2 nitrogen and oxygen atoms in total. The third-order valence-electron chi connectivity index (χ3n) is 4.49. The highest BCUT2D eigenvalue weighted by Gasteiger charge is 1.94. The Morgan fingerprint density at radius 3 is 1.23 bits per heavy atom. The predicted molar refractivity (Wildman–Crippen MR) is 98.0 cm³/mol. The van der Waals surface area contributed by atoms with E-state index in [-0.39, 0.29) is 6.61 Å². The lowest BCUT2D eigenvalue weighted by atomic mass is 10.0. The maximum Gasteiger partial charge on any atom is 0.0946 e. The molecule has 0 atom stereocenters. The average Bonchev–Trinajstić information content (AvgIpc) is 2.54. The van der Waals surface area contributed by atoms with Gasteiger partial charge in [0.25, 0.3) is 0 Å². The van der Waals surface area contributed by atoms with Crippen LogP contribution in [0, 0.1) is 0 Å². The zero-order chi connectivity index (χ0) is 16.1. The molecule has 0 bridgehead atoms. The molecule has 2 heteroatoms. The molecule has 1 N–H and O–H groups in total. The quantitative estimate of drug-likeness (QED) is 0.280. The monoisotopic (exact) mass is 312 g/mol. The molecule has 0 saturated carbocycles. The minimum Gasteiger partial charge on any atom is -0.314 e. The van der Waals surface area contributed by atoms with Gasteiger partial charge in [-0.1, -0.05) is 103 Å². The van der Waals surface area contributed by atoms with Gasteiger partial charge in [-0.15, -0.1) is 0 Å². The Hall–Kier alpha value is -0.0800. The second-order valence-electron chi connectivity index (χ2n) is 6.76. The molecule has 0 unspecified atom stereocenters. The molecule has 0 rings (SSSR count). The lowest BCUT2D eigenvalue weighted by Crippen LogP contribution is -2.18. The van der Waals surface area contributed by atoms with Gasteiger partial charge >= 0.3 is 0 Å². The van der Waals surface area contributed by atoms with Gasteiger partial charge in [-0.25, -0.2) is 5.11 Å². The summed E-state index contributed by atoms with van der Waals surface area (Å²) >= 11 is 0. The molecule has 0 amide bonds. The Bertz CT molecular complexity index is 165. The van der Waals surface area contributed by atoms with Gasteiger partial charge in [0.2, 0.25) is 0 Å². The van der Waals surface area contributed by atoms with Crippen LogP contribution in [-0.2, 0) is 5.11 Å². The average molecular weight is 313 g/mol. The Labute approximate surface area is 140 Å². The molecule has 133 valence electrons. The van der Waals surface area contributed by atoms with Crippen molar-refractivity contribution in [3.8, 4) is 0 Å². The normalized spacial score (nSPS) is 11.2. The second-order valence-corrected chi connectivity index (χ2v) is 6.76. The minimum atomic E-state index is 0.0128. The standard InChI is InChI=1S/C20H42NO/c1-2-3-4-5-6-7-8-9-10-11-12-13-14-15-16-17-18-21-19-20-22/h21H,2-20H2,1H3. The number of nitrogens with one attached hydrogen (secondary N) is 1. The summed E-state index contributed by atoms with van der Waals surface area (Å²) in [7, 11) is 0. The molecule has 1 radical (unpaired) electrons. The summed E-state index contributed by atoms with van der Waals surface area (Å²) in [6.07, 6.45) is 22.6. The number of hydrogen-bond acceptors (Lipinski definition) is 1. The molecule has 22 heavy (non-hydrogen) atoms. The van der Waals surface area contributed by atoms with Gasteiger partial charge in [-0.2, -0.15) is 0 Å². The van der Waals surface area contributed by atoms with Crippen LogP contribution in [0.1, 0.15) is 110 Å². The summed E-state index contributed by atoms with van der Waals surface area (Å²) < 4.78 is 0. The van der Waals surface area contributed by atoms with Crippen molar-refractivity contribution in [3.05, 3.63) is 0 Å². The van der Waals surface area contributed by atoms with E-state index in [1.54, 1.807) is 0 Å². The molecule has 0 aliphatic carbocycles. The van der Waals surface area contributed by atoms with E-state index in [0.29, 0.717) is 6.54 Å². The number of unbranched alkanes of at least 4 members (excludes halogenated alkanes) is 15. The van der Waals surface area contributed by atoms with Crippen LogP contribution in [0.3, 0.4) is 0 Å². The molecule has 0 aromatic carbocycles. The molecule has 0 spiro atoms. The first-order valence-electron chi connectivity index (χ1n) is 10.2. The van der Waals surface area contributed by atoms with Gasteiger partial charge in [0.05, 0.1) is 6.61 Å². The third kappa shape index (κ3) is 19.9. The van der Waals surface area contributed by atoms with E-state index < -0.39 is 0 Å². The van der Waals surface area contributed by atoms with Gasteiger partial charge < -0.3 is 5.32 Å². The Balaban J connectivity index is 2.91. The van der Waals surface area contributed by atoms with Crippen LogP contribution in [0.25, 0.3) is 0 Å². The van der Waals surface area contributed by atoms with Gasteiger partial charge in [0.15, 0.2) is 0 Å². The first kappa shape index (κ1) is 21.9. The zero-order valence-electron chi connectivity index (χ0n) is 15.3. The van der Waals surface area contributed by atoms with Crippen LogP contribution in [0.4, 0.5) is 0 Å². The van der Waals surface area contributed by atoms with Crippen molar-refractivity contribution in [2.45, 2.75) is 110 Å². The zero-order valence-corrected chi connectivity index (χ0v) is 15.3. The molecule has 0 aromatic heterocycles. The van der Waals surface area contributed by atoms with Crippen molar-refractivity contribution >= 4 is 0 Å². The molecule has 0 aliphatic rings. The van der Waals surface area contributed by atoms with Crippen molar-refractivity contribution in [2.75, 3.05) is 19.7 Å².